The fraction of sp³-hybridized carbons (Fsp3) is 0.0909. The number of hydrogen-bond donors (Lipinski definition) is 0. The summed E-state index contributed by atoms with van der Waals surface area (Å²) >= 11 is 0. The normalized spacial score (nSPS) is 8.67. The van der Waals surface area contributed by atoms with Gasteiger partial charge in [0.05, 0.1) is 7.11 Å². The molecule has 3 nitrogen and oxygen atoms in total. The molecule has 1 aromatic carbocycles. The van der Waals surface area contributed by atoms with E-state index in [4.69, 9.17) is 0 Å². The molecule has 0 radical (unpaired) electrons. The average molecular weight is 206 g/mol. The Balaban J connectivity index is 3.03. The topological polar surface area (TPSA) is 43.4 Å². The van der Waals surface area contributed by atoms with Crippen LogP contribution < -0.4 is 0 Å². The van der Waals surface area contributed by atoms with Gasteiger partial charge < -0.3 is 4.74 Å². The van der Waals surface area contributed by atoms with Crippen molar-refractivity contribution in [3.63, 3.8) is 0 Å². The summed E-state index contributed by atoms with van der Waals surface area (Å²) in [4.78, 5) is 21.1. The second-order valence-corrected chi connectivity index (χ2v) is 2.63. The van der Waals surface area contributed by atoms with Gasteiger partial charge >= 0.3 is 5.97 Å². The van der Waals surface area contributed by atoms with E-state index in [9.17, 15) is 14.0 Å². The highest BCUT2D eigenvalue weighted by molar-refractivity contribution is 5.89. The Morgan fingerprint density at radius 2 is 2.20 bits per heavy atom. The molecule has 15 heavy (non-hydrogen) atoms. The summed E-state index contributed by atoms with van der Waals surface area (Å²) in [6.45, 7) is 0. The minimum Gasteiger partial charge on any atom is -0.459 e. The quantitative estimate of drug-likeness (QED) is 0.393. The van der Waals surface area contributed by atoms with Crippen LogP contribution in [0.4, 0.5) is 4.39 Å². The van der Waals surface area contributed by atoms with Crippen molar-refractivity contribution in [2.75, 3.05) is 7.11 Å². The number of methoxy groups -OCH3 is 1. The molecule has 0 aliphatic heterocycles. The predicted octanol–water partition coefficient (Wildman–Crippen LogP) is 1.16. The zero-order chi connectivity index (χ0) is 11.3. The van der Waals surface area contributed by atoms with Crippen molar-refractivity contribution >= 4 is 12.3 Å². The Labute approximate surface area is 85.9 Å². The molecule has 0 atom stereocenters. The fourth-order valence-electron chi connectivity index (χ4n) is 0.927. The number of benzene rings is 1. The van der Waals surface area contributed by atoms with Gasteiger partial charge in [-0.2, -0.15) is 0 Å². The zero-order valence-electron chi connectivity index (χ0n) is 7.91. The second-order valence-electron chi connectivity index (χ2n) is 2.63. The highest BCUT2D eigenvalue weighted by Gasteiger charge is 1.98. The molecule has 0 aliphatic carbocycles. The molecule has 1 rings (SSSR count). The summed E-state index contributed by atoms with van der Waals surface area (Å²) in [5, 5.41) is 0. The first-order valence-electron chi connectivity index (χ1n) is 4.01. The molecule has 0 fully saturated rings. The minimum atomic E-state index is -0.716. The van der Waals surface area contributed by atoms with Gasteiger partial charge in [0.15, 0.2) is 0 Å². The Morgan fingerprint density at radius 1 is 1.47 bits per heavy atom. The Kier molecular flexibility index (Phi) is 3.58. The van der Waals surface area contributed by atoms with Gasteiger partial charge in [0.2, 0.25) is 0 Å². The first-order chi connectivity index (χ1) is 7.15. The number of hydrogen-bond acceptors (Lipinski definition) is 3. The highest BCUT2D eigenvalue weighted by atomic mass is 19.1. The van der Waals surface area contributed by atoms with E-state index in [1.54, 1.807) is 0 Å². The maximum Gasteiger partial charge on any atom is 0.384 e. The molecule has 0 amide bonds. The van der Waals surface area contributed by atoms with Crippen molar-refractivity contribution in [2.24, 2.45) is 0 Å². The lowest BCUT2D eigenvalue weighted by Gasteiger charge is -1.94. The van der Waals surface area contributed by atoms with Gasteiger partial charge in [-0.15, -0.1) is 0 Å². The van der Waals surface area contributed by atoms with Crippen LogP contribution in [0.2, 0.25) is 0 Å². The monoisotopic (exact) mass is 206 g/mol. The second kappa shape index (κ2) is 4.91. The molecule has 0 unspecified atom stereocenters. The number of halogens is 1. The number of esters is 1. The van der Waals surface area contributed by atoms with Gasteiger partial charge in [0, 0.05) is 17.0 Å². The molecule has 0 aliphatic rings. The van der Waals surface area contributed by atoms with E-state index >= 15 is 0 Å². The predicted molar refractivity (Wildman–Crippen MR) is 50.7 cm³/mol. The molecular formula is C11H7FO3. The lowest BCUT2D eigenvalue weighted by Crippen LogP contribution is -1.94. The van der Waals surface area contributed by atoms with E-state index in [0.29, 0.717) is 6.29 Å². The van der Waals surface area contributed by atoms with E-state index in [1.165, 1.54) is 13.2 Å². The molecule has 4 heteroatoms. The van der Waals surface area contributed by atoms with E-state index in [2.05, 4.69) is 16.6 Å². The number of rotatable bonds is 1. The van der Waals surface area contributed by atoms with Crippen LogP contribution in [-0.4, -0.2) is 19.4 Å². The van der Waals surface area contributed by atoms with Gasteiger partial charge in [-0.3, -0.25) is 4.79 Å². The summed E-state index contributed by atoms with van der Waals surface area (Å²) in [6.07, 6.45) is 0.506. The van der Waals surface area contributed by atoms with E-state index in [1.807, 2.05) is 0 Å². The molecule has 76 valence electrons. The number of ether oxygens (including phenoxy) is 1. The summed E-state index contributed by atoms with van der Waals surface area (Å²) in [7, 11) is 1.19. The standard InChI is InChI=1S/C11H7FO3/c1-15-11(14)3-2-8-4-9(7-13)6-10(12)5-8/h4-7H,1H3. The number of carbonyl (C=O) groups excluding carboxylic acids is 2. The van der Waals surface area contributed by atoms with Crippen LogP contribution in [0.5, 0.6) is 0 Å². The average Bonchev–Trinajstić information content (AvgIpc) is 2.25. The lowest BCUT2D eigenvalue weighted by molar-refractivity contribution is -0.133. The Morgan fingerprint density at radius 3 is 2.80 bits per heavy atom. The largest absolute Gasteiger partial charge is 0.459 e. The summed E-state index contributed by atoms with van der Waals surface area (Å²) in [5.41, 5.74) is 0.423. The van der Waals surface area contributed by atoms with Crippen molar-refractivity contribution in [1.29, 1.82) is 0 Å². The summed E-state index contributed by atoms with van der Waals surface area (Å²) < 4.78 is 17.2. The minimum absolute atomic E-state index is 0.171. The lowest BCUT2D eigenvalue weighted by atomic mass is 10.1. The fourth-order valence-corrected chi connectivity index (χ4v) is 0.927. The zero-order valence-corrected chi connectivity index (χ0v) is 7.91. The van der Waals surface area contributed by atoms with Gasteiger partial charge in [-0.1, -0.05) is 5.92 Å². The van der Waals surface area contributed by atoms with Gasteiger partial charge in [0.1, 0.15) is 12.1 Å². The van der Waals surface area contributed by atoms with Crippen molar-refractivity contribution in [3.05, 3.63) is 35.1 Å². The smallest absolute Gasteiger partial charge is 0.384 e. The SMILES string of the molecule is COC(=O)C#Cc1cc(F)cc(C=O)c1. The first kappa shape index (κ1) is 10.9. The molecule has 0 aromatic heterocycles. The summed E-state index contributed by atoms with van der Waals surface area (Å²) in [6, 6.07) is 3.59. The molecule has 0 heterocycles. The Bertz CT molecular complexity index is 455. The highest BCUT2D eigenvalue weighted by Crippen LogP contribution is 2.06. The van der Waals surface area contributed by atoms with Gasteiger partial charge in [-0.25, -0.2) is 9.18 Å². The molecule has 0 N–H and O–H groups in total. The van der Waals surface area contributed by atoms with Crippen LogP contribution in [0, 0.1) is 17.7 Å². The van der Waals surface area contributed by atoms with E-state index in [0.717, 1.165) is 12.1 Å². The molecule has 0 saturated carbocycles. The van der Waals surface area contributed by atoms with Crippen LogP contribution in [0.3, 0.4) is 0 Å². The third-order valence-electron chi connectivity index (χ3n) is 1.55. The first-order valence-corrected chi connectivity index (χ1v) is 4.01. The van der Waals surface area contributed by atoms with Crippen LogP contribution >= 0.6 is 0 Å². The third kappa shape index (κ3) is 3.24. The van der Waals surface area contributed by atoms with E-state index < -0.39 is 11.8 Å². The van der Waals surface area contributed by atoms with Gasteiger partial charge in [-0.05, 0) is 18.2 Å². The van der Waals surface area contributed by atoms with Crippen LogP contribution in [-0.2, 0) is 9.53 Å². The van der Waals surface area contributed by atoms with Crippen molar-refractivity contribution in [1.82, 2.24) is 0 Å². The summed E-state index contributed by atoms with van der Waals surface area (Å²) in [5.74, 6) is 3.23. The van der Waals surface area contributed by atoms with Gasteiger partial charge in [0.25, 0.3) is 0 Å². The van der Waals surface area contributed by atoms with Crippen molar-refractivity contribution in [2.45, 2.75) is 0 Å². The number of carbonyl (C=O) groups is 2. The maximum absolute atomic E-state index is 12.9. The van der Waals surface area contributed by atoms with Crippen molar-refractivity contribution in [3.8, 4) is 11.8 Å². The Hall–Kier alpha value is -2.15. The van der Waals surface area contributed by atoms with E-state index in [-0.39, 0.29) is 11.1 Å². The van der Waals surface area contributed by atoms with Crippen LogP contribution in [0.25, 0.3) is 0 Å². The molecule has 0 bridgehead atoms. The van der Waals surface area contributed by atoms with Crippen LogP contribution in [0.1, 0.15) is 15.9 Å². The van der Waals surface area contributed by atoms with Crippen LogP contribution in [0.15, 0.2) is 18.2 Å². The molecular weight excluding hydrogens is 199 g/mol. The van der Waals surface area contributed by atoms with Crippen molar-refractivity contribution < 1.29 is 18.7 Å². The maximum atomic E-state index is 12.9. The third-order valence-corrected chi connectivity index (χ3v) is 1.55. The number of aldehydes is 1. The molecule has 1 aromatic rings. The molecule has 0 saturated heterocycles. The molecule has 0 spiro atoms.